The highest BCUT2D eigenvalue weighted by Crippen LogP contribution is 2.14. The maximum Gasteiger partial charge on any atom is 0.253 e. The lowest BCUT2D eigenvalue weighted by Crippen LogP contribution is -2.40. The average molecular weight is 346 g/mol. The molecule has 136 valence electrons. The normalized spacial score (nSPS) is 13.6. The summed E-state index contributed by atoms with van der Waals surface area (Å²) >= 11 is 0. The van der Waals surface area contributed by atoms with Crippen molar-refractivity contribution < 1.29 is 14.4 Å². The molecule has 0 spiro atoms. The molecule has 0 bridgehead atoms. The van der Waals surface area contributed by atoms with Crippen LogP contribution in [-0.2, 0) is 9.59 Å². The Balaban J connectivity index is 1.83. The maximum absolute atomic E-state index is 12.2. The zero-order valence-corrected chi connectivity index (χ0v) is 14.8. The zero-order chi connectivity index (χ0) is 18.2. The first-order valence-electron chi connectivity index (χ1n) is 8.65. The fourth-order valence-corrected chi connectivity index (χ4v) is 2.67. The largest absolute Gasteiger partial charge is 0.376 e. The Morgan fingerprint density at radius 3 is 2.44 bits per heavy atom. The van der Waals surface area contributed by atoms with Gasteiger partial charge in [-0.2, -0.15) is 0 Å². The molecule has 1 aliphatic heterocycles. The molecule has 25 heavy (non-hydrogen) atoms. The van der Waals surface area contributed by atoms with Gasteiger partial charge in [-0.05, 0) is 38.8 Å². The summed E-state index contributed by atoms with van der Waals surface area (Å²) in [5, 5.41) is 8.41. The standard InChI is InChI=1S/C18H26N4O3/c1-13(2)21-18(25)14-7-3-4-8-15(14)19-11-16(23)20-12-17(24)22-9-5-6-10-22/h3-4,7-8,13,19H,5-6,9-12H2,1-2H3,(H,20,23)(H,21,25). The van der Waals surface area contributed by atoms with Crippen LogP contribution in [0.3, 0.4) is 0 Å². The Morgan fingerprint density at radius 2 is 1.76 bits per heavy atom. The van der Waals surface area contributed by atoms with E-state index >= 15 is 0 Å². The predicted molar refractivity (Wildman–Crippen MR) is 96.4 cm³/mol. The molecule has 1 aliphatic rings. The molecule has 1 aromatic rings. The Labute approximate surface area is 148 Å². The van der Waals surface area contributed by atoms with E-state index in [1.807, 2.05) is 13.8 Å². The molecule has 0 saturated carbocycles. The molecular formula is C18H26N4O3. The predicted octanol–water partition coefficient (Wildman–Crippen LogP) is 0.975. The van der Waals surface area contributed by atoms with Crippen molar-refractivity contribution in [2.75, 3.05) is 31.5 Å². The summed E-state index contributed by atoms with van der Waals surface area (Å²) in [6.07, 6.45) is 2.05. The molecule has 0 unspecified atom stereocenters. The molecule has 0 radical (unpaired) electrons. The number of likely N-dealkylation sites (tertiary alicyclic amines) is 1. The number of hydrogen-bond donors (Lipinski definition) is 3. The van der Waals surface area contributed by atoms with Gasteiger partial charge in [0.05, 0.1) is 18.7 Å². The van der Waals surface area contributed by atoms with Crippen molar-refractivity contribution >= 4 is 23.4 Å². The molecule has 1 heterocycles. The van der Waals surface area contributed by atoms with Crippen LogP contribution in [0.2, 0.25) is 0 Å². The van der Waals surface area contributed by atoms with Gasteiger partial charge in [-0.25, -0.2) is 0 Å². The lowest BCUT2D eigenvalue weighted by atomic mass is 10.1. The summed E-state index contributed by atoms with van der Waals surface area (Å²) in [6, 6.07) is 7.05. The number of nitrogens with one attached hydrogen (secondary N) is 3. The summed E-state index contributed by atoms with van der Waals surface area (Å²) in [7, 11) is 0. The minimum Gasteiger partial charge on any atom is -0.376 e. The number of anilines is 1. The molecule has 7 heteroatoms. The third-order valence-electron chi connectivity index (χ3n) is 3.93. The van der Waals surface area contributed by atoms with Crippen molar-refractivity contribution in [3.8, 4) is 0 Å². The van der Waals surface area contributed by atoms with Crippen molar-refractivity contribution in [1.82, 2.24) is 15.5 Å². The van der Waals surface area contributed by atoms with Crippen molar-refractivity contribution in [2.24, 2.45) is 0 Å². The number of nitrogens with zero attached hydrogens (tertiary/aromatic N) is 1. The maximum atomic E-state index is 12.2. The molecule has 3 amide bonds. The molecule has 2 rings (SSSR count). The number of benzene rings is 1. The fourth-order valence-electron chi connectivity index (χ4n) is 2.67. The van der Waals surface area contributed by atoms with Crippen LogP contribution in [-0.4, -0.2) is 54.8 Å². The van der Waals surface area contributed by atoms with Gasteiger partial charge in [-0.15, -0.1) is 0 Å². The van der Waals surface area contributed by atoms with Crippen LogP contribution in [0.5, 0.6) is 0 Å². The van der Waals surface area contributed by atoms with Crippen LogP contribution in [0.15, 0.2) is 24.3 Å². The van der Waals surface area contributed by atoms with Gasteiger partial charge in [0, 0.05) is 24.8 Å². The Bertz CT molecular complexity index is 625. The zero-order valence-electron chi connectivity index (χ0n) is 14.8. The summed E-state index contributed by atoms with van der Waals surface area (Å²) in [4.78, 5) is 37.8. The van der Waals surface area contributed by atoms with Gasteiger partial charge >= 0.3 is 0 Å². The van der Waals surface area contributed by atoms with Crippen LogP contribution in [0, 0.1) is 0 Å². The molecule has 3 N–H and O–H groups in total. The van der Waals surface area contributed by atoms with Crippen LogP contribution < -0.4 is 16.0 Å². The van der Waals surface area contributed by atoms with E-state index in [0.717, 1.165) is 25.9 Å². The van der Waals surface area contributed by atoms with Crippen molar-refractivity contribution in [3.63, 3.8) is 0 Å². The summed E-state index contributed by atoms with van der Waals surface area (Å²) in [5.41, 5.74) is 1.07. The second kappa shape index (κ2) is 9.05. The first-order chi connectivity index (χ1) is 12.0. The molecule has 0 aromatic heterocycles. The number of carbonyl (C=O) groups is 3. The lowest BCUT2D eigenvalue weighted by molar-refractivity contribution is -0.131. The van der Waals surface area contributed by atoms with Gasteiger partial charge in [-0.3, -0.25) is 14.4 Å². The Kier molecular flexibility index (Phi) is 6.80. The molecular weight excluding hydrogens is 320 g/mol. The van der Waals surface area contributed by atoms with Gasteiger partial charge in [-0.1, -0.05) is 12.1 Å². The van der Waals surface area contributed by atoms with E-state index in [9.17, 15) is 14.4 Å². The lowest BCUT2D eigenvalue weighted by Gasteiger charge is -2.16. The van der Waals surface area contributed by atoms with E-state index in [-0.39, 0.29) is 36.9 Å². The Morgan fingerprint density at radius 1 is 1.08 bits per heavy atom. The van der Waals surface area contributed by atoms with Crippen LogP contribution in [0.4, 0.5) is 5.69 Å². The molecule has 1 saturated heterocycles. The smallest absolute Gasteiger partial charge is 0.253 e. The van der Waals surface area contributed by atoms with Crippen molar-refractivity contribution in [2.45, 2.75) is 32.7 Å². The first-order valence-corrected chi connectivity index (χ1v) is 8.65. The van der Waals surface area contributed by atoms with Crippen LogP contribution in [0.25, 0.3) is 0 Å². The van der Waals surface area contributed by atoms with E-state index in [1.165, 1.54) is 0 Å². The number of hydrogen-bond acceptors (Lipinski definition) is 4. The van der Waals surface area contributed by atoms with Crippen LogP contribution >= 0.6 is 0 Å². The second-order valence-corrected chi connectivity index (χ2v) is 6.39. The highest BCUT2D eigenvalue weighted by molar-refractivity contribution is 6.00. The number of carbonyl (C=O) groups excluding carboxylic acids is 3. The SMILES string of the molecule is CC(C)NC(=O)c1ccccc1NCC(=O)NCC(=O)N1CCCC1. The fraction of sp³-hybridized carbons (Fsp3) is 0.500. The summed E-state index contributed by atoms with van der Waals surface area (Å²) in [6.45, 7) is 5.32. The van der Waals surface area contributed by atoms with E-state index in [4.69, 9.17) is 0 Å². The Hall–Kier alpha value is -2.57. The van der Waals surface area contributed by atoms with E-state index in [2.05, 4.69) is 16.0 Å². The van der Waals surface area contributed by atoms with Gasteiger partial charge < -0.3 is 20.9 Å². The van der Waals surface area contributed by atoms with Crippen molar-refractivity contribution in [1.29, 1.82) is 0 Å². The van der Waals surface area contributed by atoms with E-state index < -0.39 is 0 Å². The molecule has 7 nitrogen and oxygen atoms in total. The summed E-state index contributed by atoms with van der Waals surface area (Å²) in [5.74, 6) is -0.531. The highest BCUT2D eigenvalue weighted by atomic mass is 16.2. The van der Waals surface area contributed by atoms with Gasteiger partial charge in [0.15, 0.2) is 0 Å². The number of para-hydroxylation sites is 1. The first kappa shape index (κ1) is 18.8. The third-order valence-corrected chi connectivity index (χ3v) is 3.93. The number of rotatable bonds is 7. The van der Waals surface area contributed by atoms with E-state index in [1.54, 1.807) is 29.2 Å². The quantitative estimate of drug-likeness (QED) is 0.686. The molecule has 1 aromatic carbocycles. The van der Waals surface area contributed by atoms with Crippen LogP contribution in [0.1, 0.15) is 37.0 Å². The minimum atomic E-state index is -0.286. The average Bonchev–Trinajstić information content (AvgIpc) is 3.12. The topological polar surface area (TPSA) is 90.5 Å². The van der Waals surface area contributed by atoms with E-state index in [0.29, 0.717) is 11.3 Å². The minimum absolute atomic E-state index is 0.000742. The monoisotopic (exact) mass is 346 g/mol. The number of amides is 3. The molecule has 1 fully saturated rings. The third kappa shape index (κ3) is 5.77. The second-order valence-electron chi connectivity index (χ2n) is 6.39. The summed E-state index contributed by atoms with van der Waals surface area (Å²) < 4.78 is 0. The van der Waals surface area contributed by atoms with Crippen molar-refractivity contribution in [3.05, 3.63) is 29.8 Å². The van der Waals surface area contributed by atoms with Gasteiger partial charge in [0.1, 0.15) is 0 Å². The van der Waals surface area contributed by atoms with Gasteiger partial charge in [0.25, 0.3) is 5.91 Å². The molecule has 0 aliphatic carbocycles. The highest BCUT2D eigenvalue weighted by Gasteiger charge is 2.18. The molecule has 0 atom stereocenters. The van der Waals surface area contributed by atoms with Gasteiger partial charge in [0.2, 0.25) is 11.8 Å².